The van der Waals surface area contributed by atoms with Gasteiger partial charge in [0.1, 0.15) is 6.10 Å². The number of amides is 1. The second kappa shape index (κ2) is 6.05. The standard InChI is InChI=1S/C10H20N2O3/c1-8(2)11-10(14)9(13)7-12-3-5-15-6-4-12/h8-9,13H,3-7H2,1-2H3,(H,11,14). The summed E-state index contributed by atoms with van der Waals surface area (Å²) >= 11 is 0. The van der Waals surface area contributed by atoms with Crippen molar-refractivity contribution in [1.29, 1.82) is 0 Å². The fourth-order valence-corrected chi connectivity index (χ4v) is 1.49. The van der Waals surface area contributed by atoms with Crippen LogP contribution in [-0.2, 0) is 9.53 Å². The van der Waals surface area contributed by atoms with Gasteiger partial charge in [-0.2, -0.15) is 0 Å². The lowest BCUT2D eigenvalue weighted by atomic mass is 10.2. The minimum atomic E-state index is -0.939. The Morgan fingerprint density at radius 3 is 2.60 bits per heavy atom. The first kappa shape index (κ1) is 12.4. The van der Waals surface area contributed by atoms with E-state index in [-0.39, 0.29) is 11.9 Å². The maximum Gasteiger partial charge on any atom is 0.250 e. The van der Waals surface area contributed by atoms with E-state index < -0.39 is 6.10 Å². The van der Waals surface area contributed by atoms with Crippen LogP contribution in [0.1, 0.15) is 13.8 Å². The van der Waals surface area contributed by atoms with Crippen LogP contribution in [-0.4, -0.2) is 60.9 Å². The molecule has 0 aliphatic carbocycles. The number of carbonyl (C=O) groups excluding carboxylic acids is 1. The predicted octanol–water partition coefficient (Wildman–Crippen LogP) is -0.796. The molecule has 0 bridgehead atoms. The quantitative estimate of drug-likeness (QED) is 0.646. The molecule has 0 aromatic carbocycles. The number of carbonyl (C=O) groups is 1. The topological polar surface area (TPSA) is 61.8 Å². The summed E-state index contributed by atoms with van der Waals surface area (Å²) in [7, 11) is 0. The van der Waals surface area contributed by atoms with Crippen molar-refractivity contribution in [2.24, 2.45) is 0 Å². The SMILES string of the molecule is CC(C)NC(=O)C(O)CN1CCOCC1. The fourth-order valence-electron chi connectivity index (χ4n) is 1.49. The number of morpholine rings is 1. The van der Waals surface area contributed by atoms with E-state index in [4.69, 9.17) is 4.74 Å². The van der Waals surface area contributed by atoms with Crippen LogP contribution in [0.4, 0.5) is 0 Å². The fraction of sp³-hybridized carbons (Fsp3) is 0.900. The van der Waals surface area contributed by atoms with Gasteiger partial charge in [-0.05, 0) is 13.8 Å². The average molecular weight is 216 g/mol. The van der Waals surface area contributed by atoms with Gasteiger partial charge in [-0.1, -0.05) is 0 Å². The molecule has 15 heavy (non-hydrogen) atoms. The molecule has 1 rings (SSSR count). The second-order valence-electron chi connectivity index (χ2n) is 4.09. The zero-order valence-electron chi connectivity index (χ0n) is 9.40. The lowest BCUT2D eigenvalue weighted by Gasteiger charge is -2.28. The summed E-state index contributed by atoms with van der Waals surface area (Å²) in [4.78, 5) is 13.4. The number of aliphatic hydroxyl groups excluding tert-OH is 1. The third-order valence-electron chi connectivity index (χ3n) is 2.27. The van der Waals surface area contributed by atoms with Crippen LogP contribution in [0.2, 0.25) is 0 Å². The molecule has 1 aliphatic rings. The molecule has 0 spiro atoms. The van der Waals surface area contributed by atoms with Crippen molar-refractivity contribution < 1.29 is 14.6 Å². The predicted molar refractivity (Wildman–Crippen MR) is 56.5 cm³/mol. The van der Waals surface area contributed by atoms with Crippen LogP contribution in [0.5, 0.6) is 0 Å². The number of nitrogens with zero attached hydrogens (tertiary/aromatic N) is 1. The molecule has 1 unspecified atom stereocenters. The second-order valence-corrected chi connectivity index (χ2v) is 4.09. The third-order valence-corrected chi connectivity index (χ3v) is 2.27. The van der Waals surface area contributed by atoms with Crippen molar-refractivity contribution in [2.45, 2.75) is 26.0 Å². The van der Waals surface area contributed by atoms with Crippen molar-refractivity contribution in [2.75, 3.05) is 32.8 Å². The lowest BCUT2D eigenvalue weighted by molar-refractivity contribution is -0.131. The highest BCUT2D eigenvalue weighted by molar-refractivity contribution is 5.80. The molecule has 1 atom stereocenters. The van der Waals surface area contributed by atoms with Crippen molar-refractivity contribution in [1.82, 2.24) is 10.2 Å². The van der Waals surface area contributed by atoms with Crippen molar-refractivity contribution in [3.05, 3.63) is 0 Å². The molecule has 5 nitrogen and oxygen atoms in total. The third kappa shape index (κ3) is 4.59. The molecule has 1 amide bonds. The summed E-state index contributed by atoms with van der Waals surface area (Å²) in [5.74, 6) is -0.295. The van der Waals surface area contributed by atoms with Gasteiger partial charge >= 0.3 is 0 Å². The van der Waals surface area contributed by atoms with Crippen LogP contribution < -0.4 is 5.32 Å². The van der Waals surface area contributed by atoms with Gasteiger partial charge in [-0.15, -0.1) is 0 Å². The number of rotatable bonds is 4. The highest BCUT2D eigenvalue weighted by Crippen LogP contribution is 1.99. The van der Waals surface area contributed by atoms with Crippen molar-refractivity contribution in [3.63, 3.8) is 0 Å². The molecule has 1 aliphatic heterocycles. The summed E-state index contributed by atoms with van der Waals surface area (Å²) in [5.41, 5.74) is 0. The Hall–Kier alpha value is -0.650. The Bertz CT molecular complexity index is 203. The Balaban J connectivity index is 2.26. The van der Waals surface area contributed by atoms with E-state index in [0.717, 1.165) is 13.1 Å². The van der Waals surface area contributed by atoms with E-state index in [0.29, 0.717) is 19.8 Å². The van der Waals surface area contributed by atoms with Gasteiger partial charge in [0.25, 0.3) is 0 Å². The highest BCUT2D eigenvalue weighted by Gasteiger charge is 2.20. The first-order chi connectivity index (χ1) is 7.09. The molecular formula is C10H20N2O3. The maximum atomic E-state index is 11.4. The van der Waals surface area contributed by atoms with E-state index in [9.17, 15) is 9.90 Å². The number of β-amino-alcohol motifs (C(OH)–C–C–N with tert-alkyl or cyclic N) is 1. The summed E-state index contributed by atoms with van der Waals surface area (Å²) in [6.07, 6.45) is -0.939. The van der Waals surface area contributed by atoms with E-state index in [2.05, 4.69) is 5.32 Å². The summed E-state index contributed by atoms with van der Waals surface area (Å²) in [5, 5.41) is 12.3. The van der Waals surface area contributed by atoms with E-state index in [1.54, 1.807) is 0 Å². The van der Waals surface area contributed by atoms with Crippen molar-refractivity contribution >= 4 is 5.91 Å². The van der Waals surface area contributed by atoms with E-state index in [1.165, 1.54) is 0 Å². The summed E-state index contributed by atoms with van der Waals surface area (Å²) in [6, 6.07) is 0.0665. The lowest BCUT2D eigenvalue weighted by Crippen LogP contribution is -2.47. The van der Waals surface area contributed by atoms with Crippen LogP contribution in [0, 0.1) is 0 Å². The molecule has 5 heteroatoms. The van der Waals surface area contributed by atoms with Crippen LogP contribution in [0.15, 0.2) is 0 Å². The minimum absolute atomic E-state index is 0.0665. The van der Waals surface area contributed by atoms with Gasteiger partial charge in [-0.25, -0.2) is 0 Å². The van der Waals surface area contributed by atoms with Crippen LogP contribution >= 0.6 is 0 Å². The molecule has 0 radical (unpaired) electrons. The number of hydrogen-bond donors (Lipinski definition) is 2. The average Bonchev–Trinajstić information content (AvgIpc) is 2.18. The van der Waals surface area contributed by atoms with E-state index in [1.807, 2.05) is 18.7 Å². The Morgan fingerprint density at radius 2 is 2.07 bits per heavy atom. The smallest absolute Gasteiger partial charge is 0.250 e. The van der Waals surface area contributed by atoms with Gasteiger partial charge in [0, 0.05) is 25.7 Å². The van der Waals surface area contributed by atoms with Gasteiger partial charge in [0.2, 0.25) is 5.91 Å². The molecule has 2 N–H and O–H groups in total. The highest BCUT2D eigenvalue weighted by atomic mass is 16.5. The molecule has 0 saturated carbocycles. The number of ether oxygens (including phenoxy) is 1. The maximum absolute atomic E-state index is 11.4. The zero-order valence-corrected chi connectivity index (χ0v) is 9.40. The largest absolute Gasteiger partial charge is 0.382 e. The first-order valence-electron chi connectivity index (χ1n) is 5.38. The Morgan fingerprint density at radius 1 is 1.47 bits per heavy atom. The van der Waals surface area contributed by atoms with E-state index >= 15 is 0 Å². The number of hydrogen-bond acceptors (Lipinski definition) is 4. The van der Waals surface area contributed by atoms with Crippen LogP contribution in [0.25, 0.3) is 0 Å². The van der Waals surface area contributed by atoms with Gasteiger partial charge in [0.05, 0.1) is 13.2 Å². The minimum Gasteiger partial charge on any atom is -0.382 e. The zero-order chi connectivity index (χ0) is 11.3. The first-order valence-corrected chi connectivity index (χ1v) is 5.38. The van der Waals surface area contributed by atoms with Crippen molar-refractivity contribution in [3.8, 4) is 0 Å². The molecule has 1 saturated heterocycles. The monoisotopic (exact) mass is 216 g/mol. The molecule has 1 fully saturated rings. The number of aliphatic hydroxyl groups is 1. The van der Waals surface area contributed by atoms with Gasteiger partial charge in [-0.3, -0.25) is 9.69 Å². The molecule has 0 aromatic heterocycles. The molecular weight excluding hydrogens is 196 g/mol. The molecule has 0 aromatic rings. The Labute approximate surface area is 90.4 Å². The molecule has 88 valence electrons. The normalized spacial score (nSPS) is 20.3. The Kier molecular flexibility index (Phi) is 5.01. The van der Waals surface area contributed by atoms with Crippen LogP contribution in [0.3, 0.4) is 0 Å². The summed E-state index contributed by atoms with van der Waals surface area (Å²) in [6.45, 7) is 7.07. The number of nitrogens with one attached hydrogen (secondary N) is 1. The van der Waals surface area contributed by atoms with Gasteiger partial charge < -0.3 is 15.2 Å². The molecule has 1 heterocycles. The van der Waals surface area contributed by atoms with Gasteiger partial charge in [0.15, 0.2) is 0 Å². The summed E-state index contributed by atoms with van der Waals surface area (Å²) < 4.78 is 5.18.